The third-order valence-electron chi connectivity index (χ3n) is 2.09. The maximum absolute atomic E-state index is 11.6. The molecule has 1 rings (SSSR count). The van der Waals surface area contributed by atoms with Gasteiger partial charge in [0.25, 0.3) is 0 Å². The van der Waals surface area contributed by atoms with E-state index < -0.39 is 0 Å². The van der Waals surface area contributed by atoms with Gasteiger partial charge in [-0.3, -0.25) is 9.59 Å². The first-order valence-corrected chi connectivity index (χ1v) is 4.66. The Morgan fingerprint density at radius 1 is 1.36 bits per heavy atom. The van der Waals surface area contributed by atoms with E-state index in [1.54, 1.807) is 26.8 Å². The maximum Gasteiger partial charge on any atom is 0.173 e. The van der Waals surface area contributed by atoms with Crippen molar-refractivity contribution in [2.45, 2.75) is 33.6 Å². The summed E-state index contributed by atoms with van der Waals surface area (Å²) in [5.74, 6) is 1.12. The summed E-state index contributed by atoms with van der Waals surface area (Å²) in [4.78, 5) is 22.6. The van der Waals surface area contributed by atoms with Crippen LogP contribution in [-0.2, 0) is 4.79 Å². The van der Waals surface area contributed by atoms with Gasteiger partial charge in [0.1, 0.15) is 17.3 Å². The summed E-state index contributed by atoms with van der Waals surface area (Å²) in [7, 11) is 0. The largest absolute Gasteiger partial charge is 0.466 e. The van der Waals surface area contributed by atoms with E-state index in [9.17, 15) is 9.59 Å². The van der Waals surface area contributed by atoms with Crippen LogP contribution in [-0.4, -0.2) is 11.6 Å². The molecule has 1 aromatic heterocycles. The first kappa shape index (κ1) is 10.7. The van der Waals surface area contributed by atoms with E-state index in [0.717, 1.165) is 0 Å². The van der Waals surface area contributed by atoms with Gasteiger partial charge in [-0.2, -0.15) is 0 Å². The molecule has 3 heteroatoms. The molecule has 0 atom stereocenters. The van der Waals surface area contributed by atoms with Gasteiger partial charge >= 0.3 is 0 Å². The van der Waals surface area contributed by atoms with Crippen LogP contribution in [0.15, 0.2) is 10.5 Å². The van der Waals surface area contributed by atoms with Gasteiger partial charge in [0.15, 0.2) is 5.78 Å². The van der Waals surface area contributed by atoms with Gasteiger partial charge in [-0.15, -0.1) is 0 Å². The second-order valence-corrected chi connectivity index (χ2v) is 3.32. The van der Waals surface area contributed by atoms with Crippen molar-refractivity contribution in [3.8, 4) is 0 Å². The van der Waals surface area contributed by atoms with Crippen LogP contribution in [0.25, 0.3) is 0 Å². The van der Waals surface area contributed by atoms with Crippen LogP contribution in [0, 0.1) is 13.8 Å². The van der Waals surface area contributed by atoms with Crippen molar-refractivity contribution >= 4 is 11.6 Å². The van der Waals surface area contributed by atoms with E-state index >= 15 is 0 Å². The van der Waals surface area contributed by atoms with Crippen LogP contribution in [0.4, 0.5) is 0 Å². The highest BCUT2D eigenvalue weighted by molar-refractivity contribution is 6.08. The molecule has 14 heavy (non-hydrogen) atoms. The second kappa shape index (κ2) is 4.22. The molecule has 0 unspecified atom stereocenters. The number of carbonyl (C=O) groups excluding carboxylic acids is 2. The van der Waals surface area contributed by atoms with Crippen molar-refractivity contribution in [2.75, 3.05) is 0 Å². The summed E-state index contributed by atoms with van der Waals surface area (Å²) in [5, 5.41) is 0. The zero-order valence-corrected chi connectivity index (χ0v) is 8.72. The fourth-order valence-corrected chi connectivity index (χ4v) is 1.31. The number of hydrogen-bond donors (Lipinski definition) is 0. The van der Waals surface area contributed by atoms with Crippen LogP contribution < -0.4 is 0 Å². The molecule has 1 heterocycles. The fraction of sp³-hybridized carbons (Fsp3) is 0.455. The molecule has 0 aliphatic rings. The Bertz CT molecular complexity index is 361. The Hall–Kier alpha value is -1.38. The summed E-state index contributed by atoms with van der Waals surface area (Å²) in [6.07, 6.45) is 0.387. The summed E-state index contributed by atoms with van der Waals surface area (Å²) >= 11 is 0. The van der Waals surface area contributed by atoms with E-state index in [2.05, 4.69) is 0 Å². The van der Waals surface area contributed by atoms with Crippen molar-refractivity contribution in [3.63, 3.8) is 0 Å². The first-order chi connectivity index (χ1) is 6.54. The van der Waals surface area contributed by atoms with Crippen LogP contribution in [0.2, 0.25) is 0 Å². The Morgan fingerprint density at radius 3 is 2.43 bits per heavy atom. The minimum Gasteiger partial charge on any atom is -0.466 e. The average Bonchev–Trinajstić information content (AvgIpc) is 2.45. The van der Waals surface area contributed by atoms with Crippen LogP contribution in [0.5, 0.6) is 0 Å². The fourth-order valence-electron chi connectivity index (χ4n) is 1.31. The maximum atomic E-state index is 11.6. The minimum absolute atomic E-state index is 0.0175. The lowest BCUT2D eigenvalue weighted by Crippen LogP contribution is -2.07. The van der Waals surface area contributed by atoms with Crippen LogP contribution in [0.3, 0.4) is 0 Å². The van der Waals surface area contributed by atoms with Gasteiger partial charge in [0.05, 0.1) is 12.0 Å². The number of Topliss-reactive ketones (excluding diaryl/α,β-unsaturated/α-hetero) is 2. The van der Waals surface area contributed by atoms with Gasteiger partial charge < -0.3 is 4.42 Å². The lowest BCUT2D eigenvalue weighted by molar-refractivity contribution is -0.117. The molecule has 0 aromatic carbocycles. The third-order valence-corrected chi connectivity index (χ3v) is 2.09. The van der Waals surface area contributed by atoms with Crippen molar-refractivity contribution in [2.24, 2.45) is 0 Å². The molecule has 3 nitrogen and oxygen atoms in total. The van der Waals surface area contributed by atoms with E-state index in [1.807, 2.05) is 0 Å². The van der Waals surface area contributed by atoms with Crippen LogP contribution >= 0.6 is 0 Å². The molecular weight excluding hydrogens is 180 g/mol. The zero-order chi connectivity index (χ0) is 10.7. The number of furan rings is 1. The molecule has 0 bridgehead atoms. The Morgan fingerprint density at radius 2 is 2.00 bits per heavy atom. The minimum atomic E-state index is -0.147. The molecule has 0 spiro atoms. The number of carbonyl (C=O) groups is 2. The molecule has 0 amide bonds. The smallest absolute Gasteiger partial charge is 0.173 e. The molecule has 0 fully saturated rings. The highest BCUT2D eigenvalue weighted by atomic mass is 16.3. The summed E-state index contributed by atoms with van der Waals surface area (Å²) < 4.78 is 5.22. The van der Waals surface area contributed by atoms with E-state index in [0.29, 0.717) is 23.5 Å². The lowest BCUT2D eigenvalue weighted by atomic mass is 10.1. The Kier molecular flexibility index (Phi) is 3.23. The molecular formula is C11H14O3. The first-order valence-electron chi connectivity index (χ1n) is 4.66. The Labute approximate surface area is 83.1 Å². The van der Waals surface area contributed by atoms with E-state index in [-0.39, 0.29) is 18.0 Å². The van der Waals surface area contributed by atoms with Crippen molar-refractivity contribution in [3.05, 3.63) is 23.2 Å². The normalized spacial score (nSPS) is 10.2. The average molecular weight is 194 g/mol. The summed E-state index contributed by atoms with van der Waals surface area (Å²) in [5.41, 5.74) is 0.532. The van der Waals surface area contributed by atoms with Crippen LogP contribution in [0.1, 0.15) is 41.6 Å². The predicted molar refractivity (Wildman–Crippen MR) is 52.4 cm³/mol. The molecule has 0 saturated heterocycles. The van der Waals surface area contributed by atoms with Gasteiger partial charge in [-0.1, -0.05) is 6.92 Å². The molecule has 76 valence electrons. The second-order valence-electron chi connectivity index (χ2n) is 3.32. The topological polar surface area (TPSA) is 47.3 Å². The van der Waals surface area contributed by atoms with Crippen molar-refractivity contribution in [1.82, 2.24) is 0 Å². The number of rotatable bonds is 4. The van der Waals surface area contributed by atoms with Gasteiger partial charge in [-0.05, 0) is 19.9 Å². The van der Waals surface area contributed by atoms with E-state index in [4.69, 9.17) is 4.42 Å². The molecule has 0 N–H and O–H groups in total. The molecule has 1 aromatic rings. The number of aryl methyl sites for hydroxylation is 2. The molecule has 0 saturated carbocycles. The highest BCUT2D eigenvalue weighted by Gasteiger charge is 2.15. The predicted octanol–water partition coefficient (Wildman–Crippen LogP) is 2.45. The molecule has 0 aliphatic heterocycles. The van der Waals surface area contributed by atoms with Crippen molar-refractivity contribution in [1.29, 1.82) is 0 Å². The SMILES string of the molecule is CCC(=O)CC(=O)c1cc(C)oc1C. The summed E-state index contributed by atoms with van der Waals surface area (Å²) in [6, 6.07) is 1.68. The lowest BCUT2D eigenvalue weighted by Gasteiger charge is -1.96. The monoisotopic (exact) mass is 194 g/mol. The van der Waals surface area contributed by atoms with Gasteiger partial charge in [0.2, 0.25) is 0 Å². The highest BCUT2D eigenvalue weighted by Crippen LogP contribution is 2.15. The number of ketones is 2. The summed E-state index contributed by atoms with van der Waals surface area (Å²) in [6.45, 7) is 5.27. The number of hydrogen-bond acceptors (Lipinski definition) is 3. The zero-order valence-electron chi connectivity index (χ0n) is 8.72. The van der Waals surface area contributed by atoms with Gasteiger partial charge in [-0.25, -0.2) is 0 Å². The third kappa shape index (κ3) is 2.31. The van der Waals surface area contributed by atoms with Gasteiger partial charge in [0, 0.05) is 6.42 Å². The van der Waals surface area contributed by atoms with E-state index in [1.165, 1.54) is 0 Å². The quantitative estimate of drug-likeness (QED) is 0.546. The Balaban J connectivity index is 2.79. The van der Waals surface area contributed by atoms with Crippen molar-refractivity contribution < 1.29 is 14.0 Å². The molecule has 0 radical (unpaired) electrons. The molecule has 0 aliphatic carbocycles. The standard InChI is InChI=1S/C11H14O3/c1-4-9(12)6-11(13)10-5-7(2)14-8(10)3/h5H,4,6H2,1-3H3.